The SMILES string of the molecule is CCC/C(=C\Cc1c(C)ccc(CC=C2CCCCC2)c1O)CC. The molecule has 132 valence electrons. The van der Waals surface area contributed by atoms with Gasteiger partial charge in [0, 0.05) is 5.56 Å². The van der Waals surface area contributed by atoms with Crippen LogP contribution in [0.25, 0.3) is 0 Å². The monoisotopic (exact) mass is 326 g/mol. The zero-order chi connectivity index (χ0) is 17.4. The molecule has 0 atom stereocenters. The summed E-state index contributed by atoms with van der Waals surface area (Å²) in [5, 5.41) is 10.8. The maximum atomic E-state index is 10.8. The molecule has 0 radical (unpaired) electrons. The normalized spacial score (nSPS) is 15.6. The van der Waals surface area contributed by atoms with Crippen molar-refractivity contribution in [3.8, 4) is 5.75 Å². The molecule has 0 bridgehead atoms. The zero-order valence-corrected chi connectivity index (χ0v) is 15.8. The van der Waals surface area contributed by atoms with Gasteiger partial charge in [0.25, 0.3) is 0 Å². The van der Waals surface area contributed by atoms with Gasteiger partial charge in [-0.25, -0.2) is 0 Å². The summed E-state index contributed by atoms with van der Waals surface area (Å²) in [5.41, 5.74) is 6.47. The third-order valence-electron chi connectivity index (χ3n) is 5.33. The standard InChI is InChI=1S/C23H34O/c1-4-9-19(5-2)14-17-22-18(3)12-15-21(23(22)24)16-13-20-10-7-6-8-11-20/h12-15,24H,4-11,16-17H2,1-3H3/b19-14-. The molecule has 0 aliphatic heterocycles. The minimum Gasteiger partial charge on any atom is -0.507 e. The largest absolute Gasteiger partial charge is 0.507 e. The summed E-state index contributed by atoms with van der Waals surface area (Å²) >= 11 is 0. The van der Waals surface area contributed by atoms with Crippen molar-refractivity contribution < 1.29 is 5.11 Å². The highest BCUT2D eigenvalue weighted by molar-refractivity contribution is 5.47. The number of benzene rings is 1. The Morgan fingerprint density at radius 3 is 2.50 bits per heavy atom. The summed E-state index contributed by atoms with van der Waals surface area (Å²) in [4.78, 5) is 0. The van der Waals surface area contributed by atoms with Gasteiger partial charge in [-0.1, -0.05) is 62.1 Å². The Morgan fingerprint density at radius 2 is 1.83 bits per heavy atom. The van der Waals surface area contributed by atoms with Crippen molar-refractivity contribution in [2.24, 2.45) is 0 Å². The Balaban J connectivity index is 2.14. The van der Waals surface area contributed by atoms with Crippen molar-refractivity contribution in [2.45, 2.75) is 85.0 Å². The van der Waals surface area contributed by atoms with Gasteiger partial charge in [-0.2, -0.15) is 0 Å². The summed E-state index contributed by atoms with van der Waals surface area (Å²) in [6, 6.07) is 4.27. The topological polar surface area (TPSA) is 20.2 Å². The molecule has 1 aliphatic carbocycles. The summed E-state index contributed by atoms with van der Waals surface area (Å²) in [6.07, 6.45) is 16.4. The minimum atomic E-state index is 0.519. The summed E-state index contributed by atoms with van der Waals surface area (Å²) < 4.78 is 0. The number of aromatic hydroxyl groups is 1. The molecule has 0 unspecified atom stereocenters. The van der Waals surface area contributed by atoms with E-state index in [4.69, 9.17) is 0 Å². The van der Waals surface area contributed by atoms with Crippen molar-refractivity contribution in [2.75, 3.05) is 0 Å². The molecule has 0 heterocycles. The number of allylic oxidation sites excluding steroid dienone is 4. The second-order valence-corrected chi connectivity index (χ2v) is 7.17. The number of aryl methyl sites for hydroxylation is 1. The lowest BCUT2D eigenvalue weighted by molar-refractivity contribution is 0.463. The van der Waals surface area contributed by atoms with Gasteiger partial charge in [-0.3, -0.25) is 0 Å². The maximum absolute atomic E-state index is 10.8. The van der Waals surface area contributed by atoms with Crippen molar-refractivity contribution in [3.63, 3.8) is 0 Å². The first-order chi connectivity index (χ1) is 11.7. The number of hydrogen-bond donors (Lipinski definition) is 1. The van der Waals surface area contributed by atoms with Gasteiger partial charge < -0.3 is 5.11 Å². The Bertz CT molecular complexity index is 584. The van der Waals surface area contributed by atoms with Crippen molar-refractivity contribution in [3.05, 3.63) is 52.1 Å². The first-order valence-electron chi connectivity index (χ1n) is 9.81. The lowest BCUT2D eigenvalue weighted by Crippen LogP contribution is -1.97. The fourth-order valence-corrected chi connectivity index (χ4v) is 3.66. The Kier molecular flexibility index (Phi) is 7.62. The predicted octanol–water partition coefficient (Wildman–Crippen LogP) is 6.81. The molecule has 0 amide bonds. The third-order valence-corrected chi connectivity index (χ3v) is 5.33. The summed E-state index contributed by atoms with van der Waals surface area (Å²) in [6.45, 7) is 6.56. The van der Waals surface area contributed by atoms with Gasteiger partial charge >= 0.3 is 0 Å². The van der Waals surface area contributed by atoms with E-state index in [2.05, 4.69) is 45.1 Å². The van der Waals surface area contributed by atoms with Crippen LogP contribution in [0.15, 0.2) is 35.4 Å². The van der Waals surface area contributed by atoms with Gasteiger partial charge in [0.05, 0.1) is 0 Å². The Labute approximate surface area is 148 Å². The van der Waals surface area contributed by atoms with Crippen LogP contribution in [0.4, 0.5) is 0 Å². The van der Waals surface area contributed by atoms with Crippen LogP contribution >= 0.6 is 0 Å². The smallest absolute Gasteiger partial charge is 0.122 e. The van der Waals surface area contributed by atoms with E-state index in [-0.39, 0.29) is 0 Å². The highest BCUT2D eigenvalue weighted by Gasteiger charge is 2.10. The molecule has 0 aromatic heterocycles. The van der Waals surface area contributed by atoms with Crippen LogP contribution in [-0.4, -0.2) is 5.11 Å². The highest BCUT2D eigenvalue weighted by atomic mass is 16.3. The van der Waals surface area contributed by atoms with Crippen molar-refractivity contribution >= 4 is 0 Å². The lowest BCUT2D eigenvalue weighted by atomic mass is 9.92. The van der Waals surface area contributed by atoms with Crippen LogP contribution in [0.1, 0.15) is 81.9 Å². The number of phenolic OH excluding ortho intramolecular Hbond substituents is 1. The van der Waals surface area contributed by atoms with Gasteiger partial charge in [-0.05, 0) is 69.4 Å². The second-order valence-electron chi connectivity index (χ2n) is 7.17. The van der Waals surface area contributed by atoms with Crippen LogP contribution in [0.5, 0.6) is 5.75 Å². The Hall–Kier alpha value is -1.50. The van der Waals surface area contributed by atoms with E-state index in [1.807, 2.05) is 0 Å². The summed E-state index contributed by atoms with van der Waals surface area (Å²) in [7, 11) is 0. The van der Waals surface area contributed by atoms with E-state index >= 15 is 0 Å². The van der Waals surface area contributed by atoms with Gasteiger partial charge in [-0.15, -0.1) is 0 Å². The predicted molar refractivity (Wildman–Crippen MR) is 105 cm³/mol. The Morgan fingerprint density at radius 1 is 1.08 bits per heavy atom. The van der Waals surface area contributed by atoms with E-state index in [0.717, 1.165) is 30.4 Å². The average Bonchev–Trinajstić information content (AvgIpc) is 2.60. The molecular weight excluding hydrogens is 292 g/mol. The van der Waals surface area contributed by atoms with Crippen molar-refractivity contribution in [1.82, 2.24) is 0 Å². The molecule has 1 N–H and O–H groups in total. The lowest BCUT2D eigenvalue weighted by Gasteiger charge is -2.15. The van der Waals surface area contributed by atoms with E-state index < -0.39 is 0 Å². The molecule has 24 heavy (non-hydrogen) atoms. The number of hydrogen-bond acceptors (Lipinski definition) is 1. The van der Waals surface area contributed by atoms with Crippen LogP contribution in [0.3, 0.4) is 0 Å². The van der Waals surface area contributed by atoms with Crippen LogP contribution in [0, 0.1) is 6.92 Å². The molecular formula is C23H34O. The number of phenols is 1. The first-order valence-corrected chi connectivity index (χ1v) is 9.81. The van der Waals surface area contributed by atoms with E-state index in [1.54, 1.807) is 5.57 Å². The molecule has 1 saturated carbocycles. The molecule has 1 aliphatic rings. The second kappa shape index (κ2) is 9.71. The fraction of sp³-hybridized carbons (Fsp3) is 0.565. The molecule has 0 saturated heterocycles. The fourth-order valence-electron chi connectivity index (χ4n) is 3.66. The van der Waals surface area contributed by atoms with Crippen LogP contribution in [-0.2, 0) is 12.8 Å². The van der Waals surface area contributed by atoms with Crippen LogP contribution < -0.4 is 0 Å². The molecule has 2 rings (SSSR count). The quantitative estimate of drug-likeness (QED) is 0.545. The van der Waals surface area contributed by atoms with Gasteiger partial charge in [0.1, 0.15) is 5.75 Å². The molecule has 1 aromatic rings. The van der Waals surface area contributed by atoms with Gasteiger partial charge in [0.15, 0.2) is 0 Å². The number of rotatable bonds is 7. The summed E-state index contributed by atoms with van der Waals surface area (Å²) in [5.74, 6) is 0.519. The van der Waals surface area contributed by atoms with E-state index in [1.165, 1.54) is 56.1 Å². The first kappa shape index (κ1) is 18.8. The molecule has 1 heteroatoms. The average molecular weight is 327 g/mol. The van der Waals surface area contributed by atoms with Crippen LogP contribution in [0.2, 0.25) is 0 Å². The maximum Gasteiger partial charge on any atom is 0.122 e. The molecule has 0 spiro atoms. The highest BCUT2D eigenvalue weighted by Crippen LogP contribution is 2.29. The van der Waals surface area contributed by atoms with Gasteiger partial charge in [0.2, 0.25) is 0 Å². The van der Waals surface area contributed by atoms with Crippen molar-refractivity contribution in [1.29, 1.82) is 0 Å². The molecule has 1 nitrogen and oxygen atoms in total. The third kappa shape index (κ3) is 5.26. The van der Waals surface area contributed by atoms with E-state index in [0.29, 0.717) is 5.75 Å². The van der Waals surface area contributed by atoms with E-state index in [9.17, 15) is 5.11 Å². The zero-order valence-electron chi connectivity index (χ0n) is 15.8. The minimum absolute atomic E-state index is 0.519. The molecule has 1 fully saturated rings. The molecule has 1 aromatic carbocycles.